The van der Waals surface area contributed by atoms with E-state index in [1.54, 1.807) is 0 Å². The predicted molar refractivity (Wildman–Crippen MR) is 53.5 cm³/mol. The number of nitrogens with two attached hydrogens (primary N) is 1. The lowest BCUT2D eigenvalue weighted by molar-refractivity contribution is 0.492. The second-order valence-electron chi connectivity index (χ2n) is 4.04. The lowest BCUT2D eigenvalue weighted by atomic mass is 9.87. The lowest BCUT2D eigenvalue weighted by Gasteiger charge is -2.21. The molecule has 1 fully saturated rings. The van der Waals surface area contributed by atoms with Crippen molar-refractivity contribution < 1.29 is 0 Å². The molecule has 2 atom stereocenters. The standard InChI is InChI=1S/C10H15NS/c1-10(5-4-8(11)7-10)9-3-2-6-12-9/h2-3,6,8H,4-5,7,11H2,1H3. The number of thiophene rings is 1. The van der Waals surface area contributed by atoms with Gasteiger partial charge in [0, 0.05) is 16.3 Å². The van der Waals surface area contributed by atoms with E-state index in [1.807, 2.05) is 11.3 Å². The molecular formula is C10H15NS. The van der Waals surface area contributed by atoms with Crippen molar-refractivity contribution in [2.45, 2.75) is 37.6 Å². The Bertz CT molecular complexity index is 255. The Morgan fingerprint density at radius 3 is 3.00 bits per heavy atom. The van der Waals surface area contributed by atoms with E-state index in [4.69, 9.17) is 5.73 Å². The zero-order chi connectivity index (χ0) is 8.60. The zero-order valence-electron chi connectivity index (χ0n) is 7.42. The van der Waals surface area contributed by atoms with Crippen LogP contribution in [0, 0.1) is 0 Å². The highest BCUT2D eigenvalue weighted by Gasteiger charge is 2.35. The van der Waals surface area contributed by atoms with Gasteiger partial charge in [0.1, 0.15) is 0 Å². The van der Waals surface area contributed by atoms with Gasteiger partial charge in [-0.2, -0.15) is 0 Å². The summed E-state index contributed by atoms with van der Waals surface area (Å²) in [5.41, 5.74) is 6.30. The van der Waals surface area contributed by atoms with Crippen molar-refractivity contribution in [3.05, 3.63) is 22.4 Å². The van der Waals surface area contributed by atoms with Gasteiger partial charge in [0.2, 0.25) is 0 Å². The largest absolute Gasteiger partial charge is 0.328 e. The first-order valence-corrected chi connectivity index (χ1v) is 5.38. The van der Waals surface area contributed by atoms with E-state index in [2.05, 4.69) is 24.4 Å². The summed E-state index contributed by atoms with van der Waals surface area (Å²) in [7, 11) is 0. The van der Waals surface area contributed by atoms with E-state index < -0.39 is 0 Å². The van der Waals surface area contributed by atoms with E-state index in [-0.39, 0.29) is 0 Å². The van der Waals surface area contributed by atoms with Gasteiger partial charge >= 0.3 is 0 Å². The summed E-state index contributed by atoms with van der Waals surface area (Å²) in [6.45, 7) is 2.34. The van der Waals surface area contributed by atoms with Gasteiger partial charge in [-0.15, -0.1) is 11.3 Å². The molecule has 12 heavy (non-hydrogen) atoms. The van der Waals surface area contributed by atoms with Gasteiger partial charge in [0.05, 0.1) is 0 Å². The molecule has 2 heteroatoms. The summed E-state index contributed by atoms with van der Waals surface area (Å²) >= 11 is 1.87. The van der Waals surface area contributed by atoms with Crippen molar-refractivity contribution in [2.24, 2.45) is 5.73 Å². The van der Waals surface area contributed by atoms with Crippen LogP contribution >= 0.6 is 11.3 Å². The van der Waals surface area contributed by atoms with Crippen LogP contribution in [0.4, 0.5) is 0 Å². The summed E-state index contributed by atoms with van der Waals surface area (Å²) in [6.07, 6.45) is 3.61. The summed E-state index contributed by atoms with van der Waals surface area (Å²) in [5, 5.41) is 2.16. The number of rotatable bonds is 1. The Morgan fingerprint density at radius 1 is 1.67 bits per heavy atom. The van der Waals surface area contributed by atoms with Crippen LogP contribution in [0.1, 0.15) is 31.1 Å². The molecule has 0 aromatic carbocycles. The normalized spacial score (nSPS) is 35.7. The van der Waals surface area contributed by atoms with E-state index in [1.165, 1.54) is 17.7 Å². The Morgan fingerprint density at radius 2 is 2.50 bits per heavy atom. The molecule has 1 aromatic heterocycles. The third kappa shape index (κ3) is 1.29. The van der Waals surface area contributed by atoms with Crippen molar-refractivity contribution in [1.29, 1.82) is 0 Å². The van der Waals surface area contributed by atoms with Crippen molar-refractivity contribution >= 4 is 11.3 Å². The fourth-order valence-electron chi connectivity index (χ4n) is 2.13. The Labute approximate surface area is 77.6 Å². The third-order valence-electron chi connectivity index (χ3n) is 2.90. The summed E-state index contributed by atoms with van der Waals surface area (Å²) < 4.78 is 0. The van der Waals surface area contributed by atoms with Gasteiger partial charge < -0.3 is 5.73 Å². The smallest absolute Gasteiger partial charge is 0.0105 e. The van der Waals surface area contributed by atoms with Crippen LogP contribution in [0.2, 0.25) is 0 Å². The minimum atomic E-state index is 0.383. The molecule has 0 aliphatic heterocycles. The summed E-state index contributed by atoms with van der Waals surface area (Å²) in [4.78, 5) is 1.51. The molecule has 0 bridgehead atoms. The molecule has 0 amide bonds. The van der Waals surface area contributed by atoms with Crippen molar-refractivity contribution in [2.75, 3.05) is 0 Å². The predicted octanol–water partition coefficient (Wildman–Crippen LogP) is 2.52. The highest BCUT2D eigenvalue weighted by Crippen LogP contribution is 2.41. The molecule has 1 saturated carbocycles. The van der Waals surface area contributed by atoms with E-state index in [9.17, 15) is 0 Å². The maximum atomic E-state index is 5.92. The average molecular weight is 181 g/mol. The van der Waals surface area contributed by atoms with Gasteiger partial charge in [-0.1, -0.05) is 13.0 Å². The van der Waals surface area contributed by atoms with Crippen molar-refractivity contribution in [3.8, 4) is 0 Å². The first-order chi connectivity index (χ1) is 5.71. The maximum absolute atomic E-state index is 5.92. The van der Waals surface area contributed by atoms with Gasteiger partial charge in [-0.05, 0) is 30.7 Å². The molecule has 0 saturated heterocycles. The van der Waals surface area contributed by atoms with Crippen LogP contribution in [-0.4, -0.2) is 6.04 Å². The van der Waals surface area contributed by atoms with Crippen LogP contribution < -0.4 is 5.73 Å². The molecule has 66 valence electrons. The van der Waals surface area contributed by atoms with Crippen molar-refractivity contribution in [1.82, 2.24) is 0 Å². The zero-order valence-corrected chi connectivity index (χ0v) is 8.23. The van der Waals surface area contributed by atoms with Crippen LogP contribution in [0.5, 0.6) is 0 Å². The first-order valence-electron chi connectivity index (χ1n) is 4.50. The molecule has 2 rings (SSSR count). The third-order valence-corrected chi connectivity index (χ3v) is 4.07. The number of hydrogen-bond donors (Lipinski definition) is 1. The van der Waals surface area contributed by atoms with E-state index in [0.29, 0.717) is 11.5 Å². The van der Waals surface area contributed by atoms with Crippen LogP contribution in [0.25, 0.3) is 0 Å². The second kappa shape index (κ2) is 2.86. The quantitative estimate of drug-likeness (QED) is 0.708. The van der Waals surface area contributed by atoms with E-state index >= 15 is 0 Å². The second-order valence-corrected chi connectivity index (χ2v) is 4.99. The Balaban J connectivity index is 2.23. The van der Waals surface area contributed by atoms with Crippen LogP contribution in [0.15, 0.2) is 17.5 Å². The molecule has 1 aliphatic rings. The molecule has 2 unspecified atom stereocenters. The van der Waals surface area contributed by atoms with Gasteiger partial charge in [-0.3, -0.25) is 0 Å². The van der Waals surface area contributed by atoms with Crippen molar-refractivity contribution in [3.63, 3.8) is 0 Å². The summed E-state index contributed by atoms with van der Waals surface area (Å²) in [6, 6.07) is 4.80. The van der Waals surface area contributed by atoms with Gasteiger partial charge in [-0.25, -0.2) is 0 Å². The molecule has 2 N–H and O–H groups in total. The van der Waals surface area contributed by atoms with Crippen LogP contribution in [0.3, 0.4) is 0 Å². The fraction of sp³-hybridized carbons (Fsp3) is 0.600. The minimum absolute atomic E-state index is 0.383. The molecule has 1 aromatic rings. The molecule has 1 aliphatic carbocycles. The fourth-order valence-corrected chi connectivity index (χ4v) is 3.06. The Kier molecular flexibility index (Phi) is 1.97. The average Bonchev–Trinajstić information content (AvgIpc) is 2.59. The van der Waals surface area contributed by atoms with Gasteiger partial charge in [0.25, 0.3) is 0 Å². The Hall–Kier alpha value is -0.340. The molecular weight excluding hydrogens is 166 g/mol. The number of hydrogen-bond acceptors (Lipinski definition) is 2. The van der Waals surface area contributed by atoms with E-state index in [0.717, 1.165) is 6.42 Å². The van der Waals surface area contributed by atoms with Gasteiger partial charge in [0.15, 0.2) is 0 Å². The topological polar surface area (TPSA) is 26.0 Å². The molecule has 0 spiro atoms. The minimum Gasteiger partial charge on any atom is -0.328 e. The monoisotopic (exact) mass is 181 g/mol. The highest BCUT2D eigenvalue weighted by atomic mass is 32.1. The first kappa shape index (κ1) is 8.27. The highest BCUT2D eigenvalue weighted by molar-refractivity contribution is 7.10. The SMILES string of the molecule is CC1(c2cccs2)CCC(N)C1. The molecule has 1 nitrogen and oxygen atoms in total. The van der Waals surface area contributed by atoms with Crippen LogP contribution in [-0.2, 0) is 5.41 Å². The lowest BCUT2D eigenvalue weighted by Crippen LogP contribution is -2.21. The maximum Gasteiger partial charge on any atom is 0.0105 e. The molecule has 0 radical (unpaired) electrons. The summed E-state index contributed by atoms with van der Waals surface area (Å²) in [5.74, 6) is 0. The molecule has 1 heterocycles.